The van der Waals surface area contributed by atoms with Gasteiger partial charge in [0.1, 0.15) is 5.15 Å². The Morgan fingerprint density at radius 1 is 1.58 bits per heavy atom. The van der Waals surface area contributed by atoms with E-state index in [0.29, 0.717) is 16.4 Å². The van der Waals surface area contributed by atoms with Crippen LogP contribution in [0.2, 0.25) is 5.15 Å². The van der Waals surface area contributed by atoms with E-state index in [4.69, 9.17) is 11.6 Å². The highest BCUT2D eigenvalue weighted by Gasteiger charge is 2.07. The topological polar surface area (TPSA) is 42.0 Å². The molecule has 3 nitrogen and oxygen atoms in total. The average molecular weight is 185 g/mol. The Labute approximate surface area is 75.8 Å². The lowest BCUT2D eigenvalue weighted by molar-refractivity contribution is 0.0962. The number of pyridine rings is 1. The molecular formula is C8H9ClN2O. The number of aryl methyl sites for hydroxylation is 1. The van der Waals surface area contributed by atoms with Crippen LogP contribution in [0.15, 0.2) is 12.1 Å². The summed E-state index contributed by atoms with van der Waals surface area (Å²) in [5.41, 5.74) is 1.20. The summed E-state index contributed by atoms with van der Waals surface area (Å²) >= 11 is 5.62. The quantitative estimate of drug-likeness (QED) is 0.671. The molecule has 1 aromatic rings. The highest BCUT2D eigenvalue weighted by Crippen LogP contribution is 2.09. The molecule has 0 saturated carbocycles. The summed E-state index contributed by atoms with van der Waals surface area (Å²) in [6.07, 6.45) is 0. The maximum Gasteiger partial charge on any atom is 0.252 e. The minimum absolute atomic E-state index is 0.142. The molecule has 0 spiro atoms. The van der Waals surface area contributed by atoms with Crippen LogP contribution in [0.1, 0.15) is 16.1 Å². The lowest BCUT2D eigenvalue weighted by atomic mass is 10.2. The normalized spacial score (nSPS) is 9.58. The first-order chi connectivity index (χ1) is 5.65. The predicted octanol–water partition coefficient (Wildman–Crippen LogP) is 1.40. The van der Waals surface area contributed by atoms with Crippen molar-refractivity contribution in [3.05, 3.63) is 28.5 Å². The molecule has 0 unspecified atom stereocenters. The fraction of sp³-hybridized carbons (Fsp3) is 0.250. The number of nitrogens with zero attached hydrogens (tertiary/aromatic N) is 1. The Balaban J connectivity index is 3.09. The van der Waals surface area contributed by atoms with Gasteiger partial charge in [0.25, 0.3) is 5.91 Å². The van der Waals surface area contributed by atoms with Gasteiger partial charge in [-0.05, 0) is 19.1 Å². The van der Waals surface area contributed by atoms with E-state index in [2.05, 4.69) is 10.3 Å². The van der Waals surface area contributed by atoms with Crippen molar-refractivity contribution in [2.45, 2.75) is 6.92 Å². The van der Waals surface area contributed by atoms with E-state index in [1.165, 1.54) is 0 Å². The Bertz CT molecular complexity index is 312. The molecule has 12 heavy (non-hydrogen) atoms. The summed E-state index contributed by atoms with van der Waals surface area (Å²) in [6.45, 7) is 1.75. The Kier molecular flexibility index (Phi) is 2.65. The van der Waals surface area contributed by atoms with Crippen molar-refractivity contribution < 1.29 is 4.79 Å². The van der Waals surface area contributed by atoms with Gasteiger partial charge in [0, 0.05) is 7.05 Å². The van der Waals surface area contributed by atoms with Crippen LogP contribution in [0.4, 0.5) is 0 Å². The number of rotatable bonds is 1. The third-order valence-corrected chi connectivity index (χ3v) is 1.73. The molecule has 0 saturated heterocycles. The van der Waals surface area contributed by atoms with E-state index in [1.54, 1.807) is 26.1 Å². The molecule has 0 bridgehead atoms. The number of carbonyl (C=O) groups is 1. The third-order valence-electron chi connectivity index (χ3n) is 1.52. The van der Waals surface area contributed by atoms with Crippen LogP contribution >= 0.6 is 11.6 Å². The van der Waals surface area contributed by atoms with Crippen molar-refractivity contribution >= 4 is 17.5 Å². The molecule has 0 atom stereocenters. The van der Waals surface area contributed by atoms with Crippen LogP contribution in [0, 0.1) is 6.92 Å². The van der Waals surface area contributed by atoms with E-state index >= 15 is 0 Å². The summed E-state index contributed by atoms with van der Waals surface area (Å²) in [7, 11) is 1.58. The average Bonchev–Trinajstić information content (AvgIpc) is 2.03. The van der Waals surface area contributed by atoms with E-state index in [0.717, 1.165) is 0 Å². The van der Waals surface area contributed by atoms with Crippen molar-refractivity contribution in [1.82, 2.24) is 10.3 Å². The molecule has 1 heterocycles. The van der Waals surface area contributed by atoms with E-state index in [9.17, 15) is 4.79 Å². The summed E-state index contributed by atoms with van der Waals surface area (Å²) in [4.78, 5) is 15.1. The molecular weight excluding hydrogens is 176 g/mol. The molecule has 64 valence electrons. The van der Waals surface area contributed by atoms with E-state index in [-0.39, 0.29) is 5.91 Å². The molecule has 4 heteroatoms. The Morgan fingerprint density at radius 2 is 2.25 bits per heavy atom. The largest absolute Gasteiger partial charge is 0.355 e. The second kappa shape index (κ2) is 3.54. The van der Waals surface area contributed by atoms with Gasteiger partial charge in [-0.25, -0.2) is 4.98 Å². The predicted molar refractivity (Wildman–Crippen MR) is 47.4 cm³/mol. The standard InChI is InChI=1S/C8H9ClN2O/c1-5-6(8(12)10-2)3-4-7(9)11-5/h3-4H,1-2H3,(H,10,12). The Hall–Kier alpha value is -1.09. The van der Waals surface area contributed by atoms with Gasteiger partial charge in [0.15, 0.2) is 0 Å². The first-order valence-corrected chi connectivity index (χ1v) is 3.88. The van der Waals surface area contributed by atoms with Crippen molar-refractivity contribution in [1.29, 1.82) is 0 Å². The smallest absolute Gasteiger partial charge is 0.252 e. The van der Waals surface area contributed by atoms with Crippen LogP contribution in [0.25, 0.3) is 0 Å². The first-order valence-electron chi connectivity index (χ1n) is 3.50. The van der Waals surface area contributed by atoms with E-state index < -0.39 is 0 Å². The van der Waals surface area contributed by atoms with Gasteiger partial charge in [-0.15, -0.1) is 0 Å². The number of halogens is 1. The van der Waals surface area contributed by atoms with Crippen molar-refractivity contribution in [2.24, 2.45) is 0 Å². The number of hydrogen-bond donors (Lipinski definition) is 1. The molecule has 0 radical (unpaired) electrons. The van der Waals surface area contributed by atoms with Gasteiger partial charge >= 0.3 is 0 Å². The van der Waals surface area contributed by atoms with Gasteiger partial charge < -0.3 is 5.32 Å². The van der Waals surface area contributed by atoms with Crippen molar-refractivity contribution in [3.8, 4) is 0 Å². The number of carbonyl (C=O) groups excluding carboxylic acids is 1. The van der Waals surface area contributed by atoms with Gasteiger partial charge in [-0.3, -0.25) is 4.79 Å². The third kappa shape index (κ3) is 1.74. The molecule has 0 aliphatic rings. The lowest BCUT2D eigenvalue weighted by Gasteiger charge is -2.02. The number of nitrogens with one attached hydrogen (secondary N) is 1. The summed E-state index contributed by atoms with van der Waals surface area (Å²) in [5, 5.41) is 2.92. The molecule has 0 aliphatic carbocycles. The van der Waals surface area contributed by atoms with Crippen LogP contribution in [0.5, 0.6) is 0 Å². The molecule has 1 N–H and O–H groups in total. The molecule has 0 aromatic carbocycles. The van der Waals surface area contributed by atoms with E-state index in [1.807, 2.05) is 0 Å². The first kappa shape index (κ1) is 9.00. The van der Waals surface area contributed by atoms with Crippen LogP contribution < -0.4 is 5.32 Å². The molecule has 0 fully saturated rings. The molecule has 1 aromatic heterocycles. The van der Waals surface area contributed by atoms with Gasteiger partial charge in [-0.1, -0.05) is 11.6 Å². The number of amides is 1. The van der Waals surface area contributed by atoms with Crippen LogP contribution in [-0.2, 0) is 0 Å². The monoisotopic (exact) mass is 184 g/mol. The SMILES string of the molecule is CNC(=O)c1ccc(Cl)nc1C. The van der Waals surface area contributed by atoms with Crippen molar-refractivity contribution in [3.63, 3.8) is 0 Å². The lowest BCUT2D eigenvalue weighted by Crippen LogP contribution is -2.19. The number of aromatic nitrogens is 1. The molecule has 0 aliphatic heterocycles. The summed E-state index contributed by atoms with van der Waals surface area (Å²) < 4.78 is 0. The molecule has 1 amide bonds. The van der Waals surface area contributed by atoms with Crippen molar-refractivity contribution in [2.75, 3.05) is 7.05 Å². The summed E-state index contributed by atoms with van der Waals surface area (Å²) in [5.74, 6) is -0.142. The minimum Gasteiger partial charge on any atom is -0.355 e. The zero-order valence-corrected chi connectivity index (χ0v) is 7.64. The zero-order valence-electron chi connectivity index (χ0n) is 6.89. The second-order valence-electron chi connectivity index (χ2n) is 2.35. The maximum absolute atomic E-state index is 11.2. The van der Waals surface area contributed by atoms with Crippen LogP contribution in [0.3, 0.4) is 0 Å². The fourth-order valence-corrected chi connectivity index (χ4v) is 1.09. The minimum atomic E-state index is -0.142. The zero-order chi connectivity index (χ0) is 9.14. The highest BCUT2D eigenvalue weighted by molar-refractivity contribution is 6.29. The Morgan fingerprint density at radius 3 is 2.75 bits per heavy atom. The maximum atomic E-state index is 11.2. The van der Waals surface area contributed by atoms with Gasteiger partial charge in [-0.2, -0.15) is 0 Å². The van der Waals surface area contributed by atoms with Gasteiger partial charge in [0.05, 0.1) is 11.3 Å². The van der Waals surface area contributed by atoms with Gasteiger partial charge in [0.2, 0.25) is 0 Å². The highest BCUT2D eigenvalue weighted by atomic mass is 35.5. The van der Waals surface area contributed by atoms with Crippen LogP contribution in [-0.4, -0.2) is 17.9 Å². The second-order valence-corrected chi connectivity index (χ2v) is 2.73. The summed E-state index contributed by atoms with van der Waals surface area (Å²) in [6, 6.07) is 3.25. The fourth-order valence-electron chi connectivity index (χ4n) is 0.905. The molecule has 1 rings (SSSR count). The number of hydrogen-bond acceptors (Lipinski definition) is 2.